The lowest BCUT2D eigenvalue weighted by Crippen LogP contribution is -2.25. The van der Waals surface area contributed by atoms with Gasteiger partial charge in [-0.25, -0.2) is 0 Å². The molecular formula is C12H12BrClN2O. The number of carbonyl (C=O) groups is 1. The van der Waals surface area contributed by atoms with Crippen LogP contribution in [0.5, 0.6) is 0 Å². The van der Waals surface area contributed by atoms with E-state index >= 15 is 0 Å². The van der Waals surface area contributed by atoms with Gasteiger partial charge in [0, 0.05) is 9.50 Å². The number of halogens is 2. The minimum atomic E-state index is -0.666. The van der Waals surface area contributed by atoms with E-state index in [9.17, 15) is 4.79 Å². The molecule has 1 aromatic rings. The molecule has 1 N–H and O–H groups in total. The van der Waals surface area contributed by atoms with Crippen LogP contribution in [0.15, 0.2) is 22.7 Å². The molecule has 0 saturated heterocycles. The zero-order chi connectivity index (χ0) is 13.0. The number of hydrogen-bond acceptors (Lipinski definition) is 2. The largest absolute Gasteiger partial charge is 0.324 e. The van der Waals surface area contributed by atoms with Gasteiger partial charge in [-0.15, -0.1) is 0 Å². The minimum absolute atomic E-state index is 0.0297. The Bertz CT molecular complexity index is 468. The summed E-state index contributed by atoms with van der Waals surface area (Å²) in [5, 5.41) is 12.1. The van der Waals surface area contributed by atoms with Crippen molar-refractivity contribution in [2.45, 2.75) is 13.8 Å². The minimum Gasteiger partial charge on any atom is -0.324 e. The molecule has 0 aliphatic heterocycles. The first-order valence-electron chi connectivity index (χ1n) is 5.11. The number of nitrogens with zero attached hydrogens (tertiary/aromatic N) is 1. The second kappa shape index (κ2) is 6.04. The van der Waals surface area contributed by atoms with Crippen molar-refractivity contribution in [2.75, 3.05) is 5.32 Å². The van der Waals surface area contributed by atoms with E-state index in [2.05, 4.69) is 21.2 Å². The summed E-state index contributed by atoms with van der Waals surface area (Å²) in [6.45, 7) is 3.67. The summed E-state index contributed by atoms with van der Waals surface area (Å²) in [5.41, 5.74) is 0.573. The summed E-state index contributed by atoms with van der Waals surface area (Å²) >= 11 is 9.15. The van der Waals surface area contributed by atoms with E-state index in [0.29, 0.717) is 10.7 Å². The predicted molar refractivity (Wildman–Crippen MR) is 71.7 cm³/mol. The smallest absolute Gasteiger partial charge is 0.242 e. The van der Waals surface area contributed by atoms with Crippen molar-refractivity contribution < 1.29 is 4.79 Å². The van der Waals surface area contributed by atoms with Crippen LogP contribution in [0.3, 0.4) is 0 Å². The molecule has 3 nitrogen and oxygen atoms in total. The van der Waals surface area contributed by atoms with Gasteiger partial charge in [0.1, 0.15) is 5.92 Å². The van der Waals surface area contributed by atoms with Gasteiger partial charge in [0.2, 0.25) is 5.91 Å². The van der Waals surface area contributed by atoms with Crippen molar-refractivity contribution in [3.8, 4) is 6.07 Å². The molecule has 0 saturated carbocycles. The highest BCUT2D eigenvalue weighted by Crippen LogP contribution is 2.26. The fourth-order valence-corrected chi connectivity index (χ4v) is 1.83. The average molecular weight is 316 g/mol. The third kappa shape index (κ3) is 3.72. The summed E-state index contributed by atoms with van der Waals surface area (Å²) in [5.74, 6) is -1.01. The maximum atomic E-state index is 11.9. The Morgan fingerprint density at radius 3 is 2.71 bits per heavy atom. The molecule has 1 amide bonds. The van der Waals surface area contributed by atoms with Gasteiger partial charge >= 0.3 is 0 Å². The van der Waals surface area contributed by atoms with Gasteiger partial charge in [-0.3, -0.25) is 4.79 Å². The summed E-state index contributed by atoms with van der Waals surface area (Å²) in [6, 6.07) is 7.09. The van der Waals surface area contributed by atoms with E-state index in [0.717, 1.165) is 4.47 Å². The van der Waals surface area contributed by atoms with Crippen molar-refractivity contribution in [1.82, 2.24) is 0 Å². The van der Waals surface area contributed by atoms with E-state index in [1.54, 1.807) is 18.2 Å². The van der Waals surface area contributed by atoms with E-state index < -0.39 is 5.92 Å². The Labute approximate surface area is 114 Å². The quantitative estimate of drug-likeness (QED) is 0.921. The number of rotatable bonds is 3. The maximum absolute atomic E-state index is 11.9. The SMILES string of the molecule is CC(C)C(C#N)C(=O)Nc1cc(Cl)ccc1Br. The van der Waals surface area contributed by atoms with Crippen LogP contribution in [-0.4, -0.2) is 5.91 Å². The van der Waals surface area contributed by atoms with Crippen molar-refractivity contribution in [3.05, 3.63) is 27.7 Å². The van der Waals surface area contributed by atoms with Gasteiger partial charge in [-0.2, -0.15) is 5.26 Å². The molecule has 1 atom stereocenters. The molecule has 1 rings (SSSR count). The molecule has 90 valence electrons. The van der Waals surface area contributed by atoms with Crippen molar-refractivity contribution in [1.29, 1.82) is 5.26 Å². The lowest BCUT2D eigenvalue weighted by Gasteiger charge is -2.14. The molecule has 1 aromatic carbocycles. The number of hydrogen-bond donors (Lipinski definition) is 1. The van der Waals surface area contributed by atoms with E-state index in [1.165, 1.54) is 0 Å². The van der Waals surface area contributed by atoms with Crippen molar-refractivity contribution in [2.24, 2.45) is 11.8 Å². The van der Waals surface area contributed by atoms with Gasteiger partial charge < -0.3 is 5.32 Å². The lowest BCUT2D eigenvalue weighted by molar-refractivity contribution is -0.119. The Balaban J connectivity index is 2.88. The Morgan fingerprint density at radius 2 is 2.18 bits per heavy atom. The zero-order valence-corrected chi connectivity index (χ0v) is 11.8. The first-order valence-corrected chi connectivity index (χ1v) is 6.28. The number of nitriles is 1. The number of benzene rings is 1. The maximum Gasteiger partial charge on any atom is 0.242 e. The van der Waals surface area contributed by atoms with Crippen LogP contribution in [0.4, 0.5) is 5.69 Å². The first-order chi connectivity index (χ1) is 7.95. The molecule has 0 fully saturated rings. The van der Waals surface area contributed by atoms with E-state index in [4.69, 9.17) is 16.9 Å². The number of carbonyl (C=O) groups excluding carboxylic acids is 1. The number of anilines is 1. The van der Waals surface area contributed by atoms with Crippen molar-refractivity contribution in [3.63, 3.8) is 0 Å². The van der Waals surface area contributed by atoms with E-state index in [1.807, 2.05) is 19.9 Å². The molecule has 0 aliphatic rings. The molecular weight excluding hydrogens is 304 g/mol. The molecule has 5 heteroatoms. The monoisotopic (exact) mass is 314 g/mol. The Morgan fingerprint density at radius 1 is 1.53 bits per heavy atom. The highest BCUT2D eigenvalue weighted by molar-refractivity contribution is 9.10. The molecule has 0 aliphatic carbocycles. The van der Waals surface area contributed by atoms with Crippen molar-refractivity contribution >= 4 is 39.1 Å². The van der Waals surface area contributed by atoms with Gasteiger partial charge in [0.05, 0.1) is 11.8 Å². The second-order valence-electron chi connectivity index (χ2n) is 3.96. The van der Waals surface area contributed by atoms with Gasteiger partial charge in [0.15, 0.2) is 0 Å². The molecule has 0 aromatic heterocycles. The molecule has 0 spiro atoms. The van der Waals surface area contributed by atoms with Crippen LogP contribution in [0.1, 0.15) is 13.8 Å². The Hall–Kier alpha value is -1.05. The third-order valence-corrected chi connectivity index (χ3v) is 3.20. The van der Waals surface area contributed by atoms with Crippen LogP contribution < -0.4 is 5.32 Å². The highest BCUT2D eigenvalue weighted by atomic mass is 79.9. The topological polar surface area (TPSA) is 52.9 Å². The van der Waals surface area contributed by atoms with Crippen LogP contribution in [0.25, 0.3) is 0 Å². The molecule has 0 bridgehead atoms. The third-order valence-electron chi connectivity index (χ3n) is 2.27. The normalized spacial score (nSPS) is 12.0. The summed E-state index contributed by atoms with van der Waals surface area (Å²) in [7, 11) is 0. The lowest BCUT2D eigenvalue weighted by atomic mass is 9.96. The first kappa shape index (κ1) is 14.0. The average Bonchev–Trinajstić information content (AvgIpc) is 2.24. The predicted octanol–water partition coefficient (Wildman–Crippen LogP) is 3.84. The number of nitrogens with one attached hydrogen (secondary N) is 1. The van der Waals surface area contributed by atoms with E-state index in [-0.39, 0.29) is 11.8 Å². The van der Waals surface area contributed by atoms with Crippen LogP contribution in [0, 0.1) is 23.2 Å². The fraction of sp³-hybridized carbons (Fsp3) is 0.333. The summed E-state index contributed by atoms with van der Waals surface area (Å²) in [4.78, 5) is 11.9. The highest BCUT2D eigenvalue weighted by Gasteiger charge is 2.22. The fourth-order valence-electron chi connectivity index (χ4n) is 1.31. The van der Waals surface area contributed by atoms with Crippen LogP contribution in [-0.2, 0) is 4.79 Å². The molecule has 0 heterocycles. The van der Waals surface area contributed by atoms with Gasteiger partial charge in [0.25, 0.3) is 0 Å². The number of amides is 1. The molecule has 0 radical (unpaired) electrons. The summed E-state index contributed by atoms with van der Waals surface area (Å²) in [6.07, 6.45) is 0. The van der Waals surface area contributed by atoms with Gasteiger partial charge in [-0.1, -0.05) is 25.4 Å². The zero-order valence-electron chi connectivity index (χ0n) is 9.50. The second-order valence-corrected chi connectivity index (χ2v) is 5.25. The molecule has 1 unspecified atom stereocenters. The Kier molecular flexibility index (Phi) is 4.98. The molecule has 17 heavy (non-hydrogen) atoms. The van der Waals surface area contributed by atoms with Gasteiger partial charge in [-0.05, 0) is 40.0 Å². The van der Waals surface area contributed by atoms with Crippen LogP contribution >= 0.6 is 27.5 Å². The van der Waals surface area contributed by atoms with Crippen LogP contribution in [0.2, 0.25) is 5.02 Å². The summed E-state index contributed by atoms with van der Waals surface area (Å²) < 4.78 is 0.732. The standard InChI is InChI=1S/C12H12BrClN2O/c1-7(2)9(6-15)12(17)16-11-5-8(14)3-4-10(11)13/h3-5,7,9H,1-2H3,(H,16,17).